The normalized spacial score (nSPS) is 14.2. The number of halogens is 5. The van der Waals surface area contributed by atoms with E-state index in [0.29, 0.717) is 6.54 Å². The van der Waals surface area contributed by atoms with Crippen molar-refractivity contribution in [3.05, 3.63) is 0 Å². The van der Waals surface area contributed by atoms with Crippen LogP contribution in [0.3, 0.4) is 0 Å². The van der Waals surface area contributed by atoms with Crippen LogP contribution in [0, 0.1) is 5.92 Å². The first kappa shape index (κ1) is 24.1. The van der Waals surface area contributed by atoms with Crippen molar-refractivity contribution < 1.29 is 31.5 Å². The van der Waals surface area contributed by atoms with Crippen LogP contribution in [-0.4, -0.2) is 48.7 Å². The summed E-state index contributed by atoms with van der Waals surface area (Å²) < 4.78 is 69.2. The Bertz CT molecular complexity index is 378. The molecule has 1 unspecified atom stereocenters. The van der Waals surface area contributed by atoms with Crippen LogP contribution in [0.5, 0.6) is 0 Å². The molecule has 0 N–H and O–H groups in total. The lowest BCUT2D eigenvalue weighted by Crippen LogP contribution is -2.51. The van der Waals surface area contributed by atoms with Crippen LogP contribution in [-0.2, 0) is 9.53 Å². The van der Waals surface area contributed by atoms with Gasteiger partial charge in [0.05, 0.1) is 6.42 Å². The highest BCUT2D eigenvalue weighted by molar-refractivity contribution is 5.69. The second-order valence-corrected chi connectivity index (χ2v) is 6.57. The Morgan fingerprint density at radius 3 is 1.80 bits per heavy atom. The Labute approximate surface area is 146 Å². The van der Waals surface area contributed by atoms with Gasteiger partial charge < -0.3 is 9.64 Å². The summed E-state index contributed by atoms with van der Waals surface area (Å²) in [5.74, 6) is -7.25. The SMILES string of the molecule is CCCCN(CCCC)CCC(=O)OC(C(C)C)C(F)(F)C(F)(F)F. The van der Waals surface area contributed by atoms with Gasteiger partial charge in [-0.1, -0.05) is 40.5 Å². The number of alkyl halides is 5. The van der Waals surface area contributed by atoms with E-state index in [1.54, 1.807) is 0 Å². The summed E-state index contributed by atoms with van der Waals surface area (Å²) in [6, 6.07) is 0. The van der Waals surface area contributed by atoms with Gasteiger partial charge in [0, 0.05) is 6.54 Å². The van der Waals surface area contributed by atoms with Crippen molar-refractivity contribution in [2.24, 2.45) is 5.92 Å². The first-order valence-electron chi connectivity index (χ1n) is 8.83. The molecule has 0 rings (SSSR count). The van der Waals surface area contributed by atoms with Gasteiger partial charge in [-0.3, -0.25) is 4.79 Å². The van der Waals surface area contributed by atoms with Gasteiger partial charge >= 0.3 is 18.1 Å². The number of unbranched alkanes of at least 4 members (excludes halogenated alkanes) is 2. The zero-order valence-corrected chi connectivity index (χ0v) is 15.5. The van der Waals surface area contributed by atoms with E-state index in [2.05, 4.69) is 4.74 Å². The van der Waals surface area contributed by atoms with Gasteiger partial charge in [-0.25, -0.2) is 0 Å². The minimum absolute atomic E-state index is 0.204. The van der Waals surface area contributed by atoms with Crippen LogP contribution in [0.15, 0.2) is 0 Å². The highest BCUT2D eigenvalue weighted by Gasteiger charge is 2.64. The number of esters is 1. The molecule has 0 saturated carbocycles. The molecule has 0 aliphatic rings. The van der Waals surface area contributed by atoms with Crippen molar-refractivity contribution in [1.29, 1.82) is 0 Å². The molecule has 8 heteroatoms. The lowest BCUT2D eigenvalue weighted by molar-refractivity contribution is -0.320. The van der Waals surface area contributed by atoms with Gasteiger partial charge in [-0.05, 0) is 31.8 Å². The zero-order chi connectivity index (χ0) is 19.7. The largest absolute Gasteiger partial charge is 0.457 e. The van der Waals surface area contributed by atoms with Gasteiger partial charge in [-0.2, -0.15) is 22.0 Å². The topological polar surface area (TPSA) is 29.5 Å². The second-order valence-electron chi connectivity index (χ2n) is 6.57. The number of rotatable bonds is 12. The molecule has 0 radical (unpaired) electrons. The number of hydrogen-bond acceptors (Lipinski definition) is 3. The molecule has 0 aliphatic heterocycles. The summed E-state index contributed by atoms with van der Waals surface area (Å²) in [6.07, 6.45) is -4.67. The third-order valence-electron chi connectivity index (χ3n) is 3.89. The number of nitrogens with zero attached hydrogens (tertiary/aromatic N) is 1. The van der Waals surface area contributed by atoms with Crippen LogP contribution in [0.2, 0.25) is 0 Å². The molecule has 0 aromatic heterocycles. The predicted molar refractivity (Wildman–Crippen MR) is 86.6 cm³/mol. The molecule has 0 heterocycles. The lowest BCUT2D eigenvalue weighted by Gasteiger charge is -2.31. The smallest absolute Gasteiger partial charge is 0.455 e. The highest BCUT2D eigenvalue weighted by atomic mass is 19.4. The minimum Gasteiger partial charge on any atom is -0.455 e. The average molecular weight is 375 g/mol. The van der Waals surface area contributed by atoms with Crippen LogP contribution in [0.25, 0.3) is 0 Å². The predicted octanol–water partition coefficient (Wildman–Crippen LogP) is 5.04. The van der Waals surface area contributed by atoms with E-state index in [1.165, 1.54) is 13.8 Å². The highest BCUT2D eigenvalue weighted by Crippen LogP contribution is 2.41. The molecule has 0 saturated heterocycles. The van der Waals surface area contributed by atoms with Crippen LogP contribution >= 0.6 is 0 Å². The molecule has 0 spiro atoms. The van der Waals surface area contributed by atoms with E-state index in [9.17, 15) is 26.7 Å². The summed E-state index contributed by atoms with van der Waals surface area (Å²) in [7, 11) is 0. The molecular weight excluding hydrogens is 345 g/mol. The number of carbonyl (C=O) groups is 1. The van der Waals surface area contributed by atoms with E-state index in [0.717, 1.165) is 38.8 Å². The van der Waals surface area contributed by atoms with Crippen molar-refractivity contribution in [3.63, 3.8) is 0 Å². The van der Waals surface area contributed by atoms with E-state index in [4.69, 9.17) is 0 Å². The minimum atomic E-state index is -5.75. The fourth-order valence-electron chi connectivity index (χ4n) is 2.34. The third-order valence-corrected chi connectivity index (χ3v) is 3.89. The average Bonchev–Trinajstić information content (AvgIpc) is 2.50. The fourth-order valence-corrected chi connectivity index (χ4v) is 2.34. The fraction of sp³-hybridized carbons (Fsp3) is 0.941. The summed E-state index contributed by atoms with van der Waals surface area (Å²) in [5, 5.41) is 0. The maximum Gasteiger partial charge on any atom is 0.457 e. The van der Waals surface area contributed by atoms with E-state index in [-0.39, 0.29) is 6.42 Å². The Kier molecular flexibility index (Phi) is 10.5. The molecule has 0 bridgehead atoms. The maximum absolute atomic E-state index is 13.5. The summed E-state index contributed by atoms with van der Waals surface area (Å²) in [5.41, 5.74) is 0. The van der Waals surface area contributed by atoms with Crippen molar-refractivity contribution in [2.45, 2.75) is 78.0 Å². The number of carbonyl (C=O) groups excluding carboxylic acids is 1. The Balaban J connectivity index is 4.75. The van der Waals surface area contributed by atoms with E-state index < -0.39 is 30.1 Å². The molecule has 0 aromatic carbocycles. The molecular formula is C17H30F5NO2. The standard InChI is InChI=1S/C17H30F5NO2/c1-5-7-10-23(11-8-6-2)12-9-14(24)25-15(13(3)4)16(18,19)17(20,21)22/h13,15H,5-12H2,1-4H3. The second kappa shape index (κ2) is 10.9. The summed E-state index contributed by atoms with van der Waals surface area (Å²) in [6.45, 7) is 8.21. The molecule has 0 amide bonds. The molecule has 25 heavy (non-hydrogen) atoms. The molecule has 0 aromatic rings. The summed E-state index contributed by atoms with van der Waals surface area (Å²) >= 11 is 0. The molecule has 150 valence electrons. The van der Waals surface area contributed by atoms with E-state index in [1.807, 2.05) is 18.7 Å². The van der Waals surface area contributed by atoms with Crippen LogP contribution < -0.4 is 0 Å². The van der Waals surface area contributed by atoms with Crippen LogP contribution in [0.4, 0.5) is 22.0 Å². The Morgan fingerprint density at radius 2 is 1.44 bits per heavy atom. The van der Waals surface area contributed by atoms with Crippen molar-refractivity contribution >= 4 is 5.97 Å². The van der Waals surface area contributed by atoms with Crippen LogP contribution in [0.1, 0.15) is 59.8 Å². The first-order valence-corrected chi connectivity index (χ1v) is 8.83. The maximum atomic E-state index is 13.5. The van der Waals surface area contributed by atoms with Gasteiger partial charge in [0.2, 0.25) is 0 Å². The quantitative estimate of drug-likeness (QED) is 0.353. The lowest BCUT2D eigenvalue weighted by atomic mass is 10.00. The van der Waals surface area contributed by atoms with E-state index >= 15 is 0 Å². The monoisotopic (exact) mass is 375 g/mol. The van der Waals surface area contributed by atoms with Crippen molar-refractivity contribution in [1.82, 2.24) is 4.90 Å². The number of ether oxygens (including phenoxy) is 1. The zero-order valence-electron chi connectivity index (χ0n) is 15.5. The number of hydrogen-bond donors (Lipinski definition) is 0. The van der Waals surface area contributed by atoms with Gasteiger partial charge in [0.1, 0.15) is 0 Å². The molecule has 1 atom stereocenters. The third kappa shape index (κ3) is 8.33. The Morgan fingerprint density at radius 1 is 0.960 bits per heavy atom. The van der Waals surface area contributed by atoms with Gasteiger partial charge in [-0.15, -0.1) is 0 Å². The van der Waals surface area contributed by atoms with Crippen molar-refractivity contribution in [2.75, 3.05) is 19.6 Å². The molecule has 0 fully saturated rings. The van der Waals surface area contributed by atoms with Gasteiger partial charge in [0.25, 0.3) is 0 Å². The molecule has 0 aliphatic carbocycles. The van der Waals surface area contributed by atoms with Gasteiger partial charge in [0.15, 0.2) is 6.10 Å². The Hall–Kier alpha value is -0.920. The molecule has 3 nitrogen and oxygen atoms in total. The first-order chi connectivity index (χ1) is 11.5. The summed E-state index contributed by atoms with van der Waals surface area (Å²) in [4.78, 5) is 13.8. The van der Waals surface area contributed by atoms with Crippen molar-refractivity contribution in [3.8, 4) is 0 Å².